The van der Waals surface area contributed by atoms with E-state index in [1.165, 1.54) is 30.6 Å². The molecule has 1 heterocycles. The summed E-state index contributed by atoms with van der Waals surface area (Å²) in [6.07, 6.45) is 7.26. The van der Waals surface area contributed by atoms with Crippen molar-refractivity contribution in [1.82, 2.24) is 4.90 Å². The van der Waals surface area contributed by atoms with Crippen molar-refractivity contribution in [1.29, 1.82) is 0 Å². The average Bonchev–Trinajstić information content (AvgIpc) is 2.78. The van der Waals surface area contributed by atoms with Crippen LogP contribution >= 0.6 is 11.3 Å². The number of nitrogens with zero attached hydrogens (tertiary/aromatic N) is 1. The molecule has 0 saturated heterocycles. The number of rotatable bonds is 5. The Balaban J connectivity index is 1.85. The van der Waals surface area contributed by atoms with Gasteiger partial charge in [0.2, 0.25) is 5.91 Å². The van der Waals surface area contributed by atoms with Crippen molar-refractivity contribution in [2.75, 3.05) is 13.6 Å². The van der Waals surface area contributed by atoms with Crippen LogP contribution in [0.5, 0.6) is 0 Å². The van der Waals surface area contributed by atoms with Gasteiger partial charge in [-0.05, 0) is 41.8 Å². The number of aliphatic hydroxyl groups is 1. The lowest BCUT2D eigenvalue weighted by molar-refractivity contribution is -0.125. The third-order valence-electron chi connectivity index (χ3n) is 3.38. The molecule has 1 amide bonds. The first kappa shape index (κ1) is 13.3. The Hall–Kier alpha value is -1.13. The highest BCUT2D eigenvalue weighted by atomic mass is 32.1. The van der Waals surface area contributed by atoms with Crippen molar-refractivity contribution in [2.45, 2.75) is 25.9 Å². The standard InChI is InChI=1S/C14H19NO2S/c1-15(8-11-3-2-4-11)14(17)6-5-13-7-12(9-16)10-18-13/h5-7,10-11,16H,2-4,8-9H2,1H3/b6-5+. The zero-order chi connectivity index (χ0) is 13.0. The number of hydrogen-bond donors (Lipinski definition) is 1. The smallest absolute Gasteiger partial charge is 0.246 e. The molecule has 1 fully saturated rings. The summed E-state index contributed by atoms with van der Waals surface area (Å²) in [6, 6.07) is 1.90. The molecule has 98 valence electrons. The van der Waals surface area contributed by atoms with Crippen LogP contribution in [0.3, 0.4) is 0 Å². The van der Waals surface area contributed by atoms with Gasteiger partial charge in [0.15, 0.2) is 0 Å². The van der Waals surface area contributed by atoms with Crippen LogP contribution in [0.4, 0.5) is 0 Å². The molecule has 4 heteroatoms. The Labute approximate surface area is 112 Å². The molecule has 0 aliphatic heterocycles. The van der Waals surface area contributed by atoms with Gasteiger partial charge in [-0.25, -0.2) is 0 Å². The first-order valence-electron chi connectivity index (χ1n) is 6.30. The van der Waals surface area contributed by atoms with E-state index in [9.17, 15) is 4.79 Å². The zero-order valence-electron chi connectivity index (χ0n) is 10.6. The number of carbonyl (C=O) groups is 1. The van der Waals surface area contributed by atoms with Crippen molar-refractivity contribution in [3.05, 3.63) is 28.0 Å². The molecule has 0 spiro atoms. The van der Waals surface area contributed by atoms with E-state index in [-0.39, 0.29) is 12.5 Å². The Morgan fingerprint density at radius 2 is 2.39 bits per heavy atom. The third-order valence-corrected chi connectivity index (χ3v) is 4.33. The maximum Gasteiger partial charge on any atom is 0.246 e. The minimum Gasteiger partial charge on any atom is -0.392 e. The van der Waals surface area contributed by atoms with Gasteiger partial charge in [-0.3, -0.25) is 4.79 Å². The number of carbonyl (C=O) groups excluding carboxylic acids is 1. The summed E-state index contributed by atoms with van der Waals surface area (Å²) in [5, 5.41) is 10.9. The van der Waals surface area contributed by atoms with E-state index in [1.54, 1.807) is 11.0 Å². The molecule has 0 unspecified atom stereocenters. The first-order valence-corrected chi connectivity index (χ1v) is 7.18. The fourth-order valence-electron chi connectivity index (χ4n) is 2.00. The molecule has 1 aromatic heterocycles. The normalized spacial score (nSPS) is 15.9. The van der Waals surface area contributed by atoms with E-state index in [1.807, 2.05) is 24.6 Å². The second-order valence-electron chi connectivity index (χ2n) is 4.86. The second-order valence-corrected chi connectivity index (χ2v) is 5.81. The third kappa shape index (κ3) is 3.43. The summed E-state index contributed by atoms with van der Waals surface area (Å²) >= 11 is 1.54. The lowest BCUT2D eigenvalue weighted by atomic mass is 9.85. The molecule has 0 bridgehead atoms. The predicted octanol–water partition coefficient (Wildman–Crippen LogP) is 2.51. The lowest BCUT2D eigenvalue weighted by Crippen LogP contribution is -2.33. The highest BCUT2D eigenvalue weighted by molar-refractivity contribution is 7.11. The molecule has 0 atom stereocenters. The summed E-state index contributed by atoms with van der Waals surface area (Å²) < 4.78 is 0. The van der Waals surface area contributed by atoms with E-state index in [4.69, 9.17) is 5.11 Å². The molecular weight excluding hydrogens is 246 g/mol. The fraction of sp³-hybridized carbons (Fsp3) is 0.500. The van der Waals surface area contributed by atoms with Gasteiger partial charge in [0.25, 0.3) is 0 Å². The van der Waals surface area contributed by atoms with Crippen molar-refractivity contribution < 1.29 is 9.90 Å². The van der Waals surface area contributed by atoms with Gasteiger partial charge in [0.05, 0.1) is 6.61 Å². The minimum atomic E-state index is 0.0554. The summed E-state index contributed by atoms with van der Waals surface area (Å²) in [7, 11) is 1.86. The van der Waals surface area contributed by atoms with Crippen LogP contribution in [0, 0.1) is 5.92 Å². The second kappa shape index (κ2) is 6.16. The Kier molecular flexibility index (Phi) is 4.55. The Morgan fingerprint density at radius 3 is 2.94 bits per heavy atom. The molecule has 0 radical (unpaired) electrons. The van der Waals surface area contributed by atoms with E-state index in [2.05, 4.69) is 0 Å². The molecule has 1 N–H and O–H groups in total. The lowest BCUT2D eigenvalue weighted by Gasteiger charge is -2.29. The SMILES string of the molecule is CN(CC1CCC1)C(=O)/C=C/c1cc(CO)cs1. The number of amides is 1. The average molecular weight is 265 g/mol. The highest BCUT2D eigenvalue weighted by Gasteiger charge is 2.20. The Morgan fingerprint density at radius 1 is 1.61 bits per heavy atom. The highest BCUT2D eigenvalue weighted by Crippen LogP contribution is 2.26. The molecule has 3 nitrogen and oxygen atoms in total. The predicted molar refractivity (Wildman–Crippen MR) is 74.3 cm³/mol. The van der Waals surface area contributed by atoms with Gasteiger partial charge in [-0.1, -0.05) is 6.42 Å². The van der Waals surface area contributed by atoms with Crippen LogP contribution in [0.15, 0.2) is 17.5 Å². The van der Waals surface area contributed by atoms with E-state index >= 15 is 0 Å². The zero-order valence-corrected chi connectivity index (χ0v) is 11.4. The molecule has 1 aliphatic rings. The molecule has 1 aliphatic carbocycles. The summed E-state index contributed by atoms with van der Waals surface area (Å²) in [5.41, 5.74) is 0.898. The molecule has 1 saturated carbocycles. The maximum atomic E-state index is 11.9. The van der Waals surface area contributed by atoms with E-state index < -0.39 is 0 Å². The summed E-state index contributed by atoms with van der Waals surface area (Å²) in [5.74, 6) is 0.760. The van der Waals surface area contributed by atoms with Crippen LogP contribution in [0.2, 0.25) is 0 Å². The van der Waals surface area contributed by atoms with Crippen LogP contribution in [0.25, 0.3) is 6.08 Å². The number of likely N-dealkylation sites (N-methyl/N-ethyl adjacent to an activating group) is 1. The molecule has 0 aromatic carbocycles. The number of thiophene rings is 1. The quantitative estimate of drug-likeness (QED) is 0.831. The molecule has 2 rings (SSSR count). The van der Waals surface area contributed by atoms with Gasteiger partial charge in [0, 0.05) is 24.5 Å². The van der Waals surface area contributed by atoms with Gasteiger partial charge in [0.1, 0.15) is 0 Å². The first-order chi connectivity index (χ1) is 8.69. The van der Waals surface area contributed by atoms with Crippen LogP contribution in [0.1, 0.15) is 29.7 Å². The van der Waals surface area contributed by atoms with Gasteiger partial charge < -0.3 is 10.0 Å². The van der Waals surface area contributed by atoms with Crippen molar-refractivity contribution in [3.63, 3.8) is 0 Å². The summed E-state index contributed by atoms with van der Waals surface area (Å²) in [4.78, 5) is 14.7. The van der Waals surface area contributed by atoms with Crippen LogP contribution in [-0.2, 0) is 11.4 Å². The van der Waals surface area contributed by atoms with Crippen LogP contribution < -0.4 is 0 Å². The van der Waals surface area contributed by atoms with Crippen molar-refractivity contribution >= 4 is 23.3 Å². The Bertz CT molecular complexity index is 435. The molecular formula is C14H19NO2S. The molecule has 1 aromatic rings. The number of hydrogen-bond acceptors (Lipinski definition) is 3. The monoisotopic (exact) mass is 265 g/mol. The van der Waals surface area contributed by atoms with Gasteiger partial charge in [-0.15, -0.1) is 11.3 Å². The van der Waals surface area contributed by atoms with Crippen LogP contribution in [-0.4, -0.2) is 29.5 Å². The largest absolute Gasteiger partial charge is 0.392 e. The van der Waals surface area contributed by atoms with Gasteiger partial charge in [-0.2, -0.15) is 0 Å². The number of aliphatic hydroxyl groups excluding tert-OH is 1. The van der Waals surface area contributed by atoms with E-state index in [0.717, 1.165) is 17.0 Å². The maximum absolute atomic E-state index is 11.9. The van der Waals surface area contributed by atoms with Gasteiger partial charge >= 0.3 is 0 Å². The fourth-order valence-corrected chi connectivity index (χ4v) is 2.79. The van der Waals surface area contributed by atoms with Crippen molar-refractivity contribution in [3.8, 4) is 0 Å². The minimum absolute atomic E-state index is 0.0554. The topological polar surface area (TPSA) is 40.5 Å². The van der Waals surface area contributed by atoms with E-state index in [0.29, 0.717) is 5.92 Å². The molecule has 18 heavy (non-hydrogen) atoms. The van der Waals surface area contributed by atoms with Crippen molar-refractivity contribution in [2.24, 2.45) is 5.92 Å². The summed E-state index contributed by atoms with van der Waals surface area (Å²) in [6.45, 7) is 0.926.